The van der Waals surface area contributed by atoms with Crippen molar-refractivity contribution < 1.29 is 46.8 Å². The van der Waals surface area contributed by atoms with Crippen LogP contribution in [0.1, 0.15) is 42.8 Å². The Kier molecular flexibility index (Phi) is 9.35. The van der Waals surface area contributed by atoms with Crippen LogP contribution in [0.2, 0.25) is 0 Å². The molecule has 0 fully saturated rings. The summed E-state index contributed by atoms with van der Waals surface area (Å²) in [6.07, 6.45) is 3.57. The number of imidazole rings is 1. The predicted octanol–water partition coefficient (Wildman–Crippen LogP) is 17.3. The van der Waals surface area contributed by atoms with Gasteiger partial charge in [-0.05, 0) is 74.9 Å². The van der Waals surface area contributed by atoms with Gasteiger partial charge in [-0.15, -0.1) is 29.7 Å². The molecule has 6 nitrogen and oxygen atoms in total. The first-order valence-electron chi connectivity index (χ1n) is 31.2. The summed E-state index contributed by atoms with van der Waals surface area (Å²) < 4.78 is 123. The second kappa shape index (κ2) is 19.8. The van der Waals surface area contributed by atoms with Crippen molar-refractivity contribution >= 4 is 54.6 Å². The number of hydrogen-bond donors (Lipinski definition) is 0. The predicted molar refractivity (Wildman–Crippen MR) is 314 cm³/mol. The van der Waals surface area contributed by atoms with Crippen LogP contribution in [-0.2, 0) is 27.4 Å². The molecule has 0 saturated carbocycles. The molecule has 0 bridgehead atoms. The summed E-state index contributed by atoms with van der Waals surface area (Å²) in [6, 6.07) is 57.0. The normalized spacial score (nSPS) is 14.1. The fourth-order valence-electron chi connectivity index (χ4n) is 10.6. The molecule has 0 amide bonds. The Labute approximate surface area is 484 Å². The summed E-state index contributed by atoms with van der Waals surface area (Å²) in [7, 11) is 0. The van der Waals surface area contributed by atoms with Crippen LogP contribution in [0.5, 0.6) is 11.5 Å². The van der Waals surface area contributed by atoms with E-state index in [1.165, 1.54) is 0 Å². The van der Waals surface area contributed by atoms with Crippen LogP contribution < -0.4 is 9.30 Å². The third kappa shape index (κ3) is 8.50. The summed E-state index contributed by atoms with van der Waals surface area (Å²) in [5, 5.41) is 3.31. The smallest absolute Gasteiger partial charge is 0.268 e. The van der Waals surface area contributed by atoms with E-state index in [1.54, 1.807) is 45.7 Å². The van der Waals surface area contributed by atoms with Crippen molar-refractivity contribution in [2.45, 2.75) is 27.1 Å². The Hall–Kier alpha value is -9.09. The summed E-state index contributed by atoms with van der Waals surface area (Å²) in [6.45, 7) is 5.69. The Morgan fingerprint density at radius 1 is 0.551 bits per heavy atom. The monoisotopic (exact) mass is 1200 g/mol. The van der Waals surface area contributed by atoms with Gasteiger partial charge < -0.3 is 18.4 Å². The van der Waals surface area contributed by atoms with Gasteiger partial charge in [-0.1, -0.05) is 208 Å². The van der Waals surface area contributed by atoms with Crippen molar-refractivity contribution in [3.05, 3.63) is 267 Å². The molecule has 4 heterocycles. The first kappa shape index (κ1) is 36.8. The van der Waals surface area contributed by atoms with Crippen molar-refractivity contribution in [2.75, 3.05) is 0 Å². The van der Waals surface area contributed by atoms with E-state index in [0.29, 0.717) is 84.0 Å². The average Bonchev–Trinajstić information content (AvgIpc) is 1.50. The molecule has 378 valence electrons. The first-order chi connectivity index (χ1) is 42.7. The Balaban J connectivity index is 0.00000743. The van der Waals surface area contributed by atoms with Crippen LogP contribution in [0.4, 0.5) is 0 Å². The van der Waals surface area contributed by atoms with Gasteiger partial charge in [-0.2, -0.15) is 18.2 Å². The minimum absolute atomic E-state index is 0. The van der Waals surface area contributed by atoms with Crippen LogP contribution >= 0.6 is 0 Å². The van der Waals surface area contributed by atoms with Gasteiger partial charge in [0.25, 0.3) is 6.33 Å². The molecule has 0 atom stereocenters. The maximum absolute atomic E-state index is 9.56. The molecule has 10 aromatic carbocycles. The molecule has 7 heteroatoms. The average molecular weight is 1200 g/mol. The standard InChI is InChI=1S/C71H51N5O.Pt/c1-71(2,3)45-51-42-68(72-46-61(51)50-26-11-6-12-27-50)75-62-35-15-13-30-57(62)59-41-40-54(44-67(59)75)77-53-29-19-28-52(43-53)73-47-74(65-38-18-17-37-64(65)73)70-56(49-24-9-5-10-25-49)33-21-39-66(70)76-63-36-16-14-31-58(63)60-34-20-32-55(69(60)76)48-22-7-4-8-23-48;/h4-42,46H,45H2,1-3H3;/q-2;/i4D,5D,7D,8D,9D,10D,22D,23D,24D,25D,45D2;. The summed E-state index contributed by atoms with van der Waals surface area (Å²) in [5.74, 6) is 1.20. The van der Waals surface area contributed by atoms with Crippen LogP contribution in [0.15, 0.2) is 243 Å². The summed E-state index contributed by atoms with van der Waals surface area (Å²) in [5.41, 5.74) is 6.99. The molecule has 14 aromatic rings. The van der Waals surface area contributed by atoms with Crippen molar-refractivity contribution in [3.63, 3.8) is 0 Å². The SMILES string of the molecule is [2H]c1c([2H])c([2H])c(-c2cccc(-n3c4ccccc4c4cccc(-c5c([2H])c([2H])c([2H])c([2H])c5[2H])c43)c2-[n+]2[c-]n(-c3[c-]c(Oc4[c-]c5c(cc4)c4ccccc4n5-c4cc(C([2H])([2H])C(C)(C)C)c(-c5ccccc5)cn4)ccc3)c3ccccc32)c([2H])c1[2H].[Pt]. The van der Waals surface area contributed by atoms with Crippen LogP contribution in [0.3, 0.4) is 0 Å². The molecule has 0 radical (unpaired) electrons. The number of nitrogens with zero attached hydrogens (tertiary/aromatic N) is 5. The van der Waals surface area contributed by atoms with Crippen molar-refractivity contribution in [1.29, 1.82) is 0 Å². The van der Waals surface area contributed by atoms with E-state index >= 15 is 0 Å². The zero-order valence-electron chi connectivity index (χ0n) is 54.3. The topological polar surface area (TPSA) is 40.8 Å². The summed E-state index contributed by atoms with van der Waals surface area (Å²) in [4.78, 5) is 5.03. The fourth-order valence-corrected chi connectivity index (χ4v) is 10.6. The molecule has 0 aliphatic heterocycles. The second-order valence-corrected chi connectivity index (χ2v) is 19.8. The van der Waals surface area contributed by atoms with E-state index < -0.39 is 60.1 Å². The number of hydrogen-bond acceptors (Lipinski definition) is 2. The van der Waals surface area contributed by atoms with Gasteiger partial charge in [0.15, 0.2) is 0 Å². The van der Waals surface area contributed by atoms with E-state index in [9.17, 15) is 8.22 Å². The molecular formula is C71H51N5OPt-2. The molecule has 4 aromatic heterocycles. The van der Waals surface area contributed by atoms with Gasteiger partial charge in [0.05, 0.1) is 47.1 Å². The molecule has 0 saturated heterocycles. The van der Waals surface area contributed by atoms with Gasteiger partial charge in [0, 0.05) is 68.9 Å². The van der Waals surface area contributed by atoms with Gasteiger partial charge in [0.1, 0.15) is 5.82 Å². The number of rotatable bonds is 10. The fraction of sp³-hybridized carbons (Fsp3) is 0.0704. The molecule has 78 heavy (non-hydrogen) atoms. The van der Waals surface area contributed by atoms with Gasteiger partial charge in [-0.25, -0.2) is 4.98 Å². The maximum atomic E-state index is 9.56. The number of ether oxygens (including phenoxy) is 1. The quantitative estimate of drug-likeness (QED) is 0.101. The molecular weight excluding hydrogens is 1130 g/mol. The number of pyridine rings is 1. The van der Waals surface area contributed by atoms with Crippen molar-refractivity contribution in [2.24, 2.45) is 5.41 Å². The first-order valence-corrected chi connectivity index (χ1v) is 25.2. The van der Waals surface area contributed by atoms with Crippen LogP contribution in [0, 0.1) is 23.9 Å². The number of benzene rings is 10. The third-order valence-corrected chi connectivity index (χ3v) is 13.8. The van der Waals surface area contributed by atoms with Gasteiger partial charge in [-0.3, -0.25) is 4.57 Å². The minimum Gasteiger partial charge on any atom is -0.510 e. The molecule has 14 rings (SSSR count). The summed E-state index contributed by atoms with van der Waals surface area (Å²) >= 11 is 0. The number of fused-ring (bicyclic) bond motifs is 7. The van der Waals surface area contributed by atoms with E-state index in [-0.39, 0.29) is 49.8 Å². The molecule has 0 spiro atoms. The van der Waals surface area contributed by atoms with E-state index in [1.807, 2.05) is 175 Å². The Bertz CT molecular complexity index is 5230. The third-order valence-electron chi connectivity index (χ3n) is 13.8. The Morgan fingerprint density at radius 2 is 1.17 bits per heavy atom. The van der Waals surface area contributed by atoms with Gasteiger partial charge >= 0.3 is 0 Å². The second-order valence-electron chi connectivity index (χ2n) is 19.8. The zero-order chi connectivity index (χ0) is 62.1. The molecule has 0 aliphatic carbocycles. The molecule has 0 unspecified atom stereocenters. The minimum atomic E-state index is -1.78. The number of aromatic nitrogens is 5. The molecule has 0 aliphatic rings. The van der Waals surface area contributed by atoms with Gasteiger partial charge in [0.2, 0.25) is 0 Å². The zero-order valence-corrected chi connectivity index (χ0v) is 44.6. The largest absolute Gasteiger partial charge is 0.510 e. The van der Waals surface area contributed by atoms with Crippen LogP contribution in [-0.4, -0.2) is 18.7 Å². The van der Waals surface area contributed by atoms with E-state index in [4.69, 9.17) is 17.9 Å². The Morgan fingerprint density at radius 3 is 1.92 bits per heavy atom. The number of para-hydroxylation sites is 6. The van der Waals surface area contributed by atoms with Crippen molar-refractivity contribution in [1.82, 2.24) is 18.7 Å². The van der Waals surface area contributed by atoms with E-state index in [2.05, 4.69) is 18.5 Å². The maximum Gasteiger partial charge on any atom is 0.268 e. The molecule has 0 N–H and O–H groups in total. The van der Waals surface area contributed by atoms with E-state index in [0.717, 1.165) is 27.2 Å². The van der Waals surface area contributed by atoms with Crippen molar-refractivity contribution in [3.8, 4) is 67.8 Å². The van der Waals surface area contributed by atoms with Crippen LogP contribution in [0.25, 0.3) is 111 Å².